The Morgan fingerprint density at radius 1 is 1.19 bits per heavy atom. The minimum atomic E-state index is -1.10. The highest BCUT2D eigenvalue weighted by molar-refractivity contribution is 6.03. The van der Waals surface area contributed by atoms with Gasteiger partial charge in [-0.05, 0) is 42.2 Å². The van der Waals surface area contributed by atoms with Crippen LogP contribution in [0.5, 0.6) is 5.75 Å². The van der Waals surface area contributed by atoms with Gasteiger partial charge in [0.15, 0.2) is 6.61 Å². The molecular formula is C20H22N2O5. The highest BCUT2D eigenvalue weighted by atomic mass is 16.5. The van der Waals surface area contributed by atoms with Crippen molar-refractivity contribution >= 4 is 28.6 Å². The van der Waals surface area contributed by atoms with E-state index in [9.17, 15) is 19.5 Å². The summed E-state index contributed by atoms with van der Waals surface area (Å²) in [7, 11) is 0. The number of ether oxygens (including phenoxy) is 1. The van der Waals surface area contributed by atoms with E-state index in [-0.39, 0.29) is 36.3 Å². The summed E-state index contributed by atoms with van der Waals surface area (Å²) in [5, 5.41) is 16.2. The zero-order valence-corrected chi connectivity index (χ0v) is 15.0. The number of fused-ring (bicyclic) bond motifs is 1. The first-order valence-electron chi connectivity index (χ1n) is 8.96. The largest absolute Gasteiger partial charge is 0.483 e. The molecule has 0 aromatic heterocycles. The van der Waals surface area contributed by atoms with E-state index in [0.29, 0.717) is 0 Å². The van der Waals surface area contributed by atoms with Crippen LogP contribution < -0.4 is 15.4 Å². The molecule has 0 saturated heterocycles. The van der Waals surface area contributed by atoms with Crippen molar-refractivity contribution in [2.24, 2.45) is 0 Å². The zero-order chi connectivity index (χ0) is 19.4. The van der Waals surface area contributed by atoms with Gasteiger partial charge < -0.3 is 20.5 Å². The SMILES string of the molecule is CCC(NC(=O)c1cc2ccccc2cc1OCC(=O)NC1CC1)C(=O)O. The Morgan fingerprint density at radius 2 is 1.85 bits per heavy atom. The van der Waals surface area contributed by atoms with Crippen molar-refractivity contribution in [1.82, 2.24) is 10.6 Å². The Hall–Kier alpha value is -3.09. The van der Waals surface area contributed by atoms with Crippen LogP contribution in [-0.2, 0) is 9.59 Å². The van der Waals surface area contributed by atoms with Gasteiger partial charge in [0.25, 0.3) is 11.8 Å². The lowest BCUT2D eigenvalue weighted by Gasteiger charge is -2.16. The van der Waals surface area contributed by atoms with E-state index < -0.39 is 17.9 Å². The topological polar surface area (TPSA) is 105 Å². The van der Waals surface area contributed by atoms with Gasteiger partial charge in [0.2, 0.25) is 0 Å². The van der Waals surface area contributed by atoms with Crippen molar-refractivity contribution in [2.45, 2.75) is 38.3 Å². The lowest BCUT2D eigenvalue weighted by molar-refractivity contribution is -0.139. The van der Waals surface area contributed by atoms with Crippen molar-refractivity contribution in [2.75, 3.05) is 6.61 Å². The summed E-state index contributed by atoms with van der Waals surface area (Å²) in [6.07, 6.45) is 2.21. The molecule has 1 aliphatic rings. The first-order chi connectivity index (χ1) is 13.0. The fourth-order valence-electron chi connectivity index (χ4n) is 2.73. The second kappa shape index (κ2) is 8.07. The Bertz CT molecular complexity index is 876. The summed E-state index contributed by atoms with van der Waals surface area (Å²) in [6, 6.07) is 10.0. The van der Waals surface area contributed by atoms with Gasteiger partial charge in [-0.2, -0.15) is 0 Å². The molecule has 0 radical (unpaired) electrons. The highest BCUT2D eigenvalue weighted by Crippen LogP contribution is 2.26. The molecule has 7 heteroatoms. The second-order valence-corrected chi connectivity index (χ2v) is 6.60. The van der Waals surface area contributed by atoms with Gasteiger partial charge in [-0.15, -0.1) is 0 Å². The average molecular weight is 370 g/mol. The van der Waals surface area contributed by atoms with Gasteiger partial charge in [-0.25, -0.2) is 4.79 Å². The Balaban J connectivity index is 1.84. The van der Waals surface area contributed by atoms with E-state index in [4.69, 9.17) is 4.74 Å². The molecule has 7 nitrogen and oxygen atoms in total. The number of aliphatic carboxylic acids is 1. The lowest BCUT2D eigenvalue weighted by atomic mass is 10.0. The second-order valence-electron chi connectivity index (χ2n) is 6.60. The van der Waals surface area contributed by atoms with Crippen molar-refractivity contribution < 1.29 is 24.2 Å². The fourth-order valence-corrected chi connectivity index (χ4v) is 2.73. The third kappa shape index (κ3) is 4.75. The number of nitrogens with one attached hydrogen (secondary N) is 2. The van der Waals surface area contributed by atoms with Crippen LogP contribution in [0.1, 0.15) is 36.5 Å². The number of benzene rings is 2. The van der Waals surface area contributed by atoms with Crippen molar-refractivity contribution in [3.05, 3.63) is 42.0 Å². The van der Waals surface area contributed by atoms with Crippen molar-refractivity contribution in [1.29, 1.82) is 0 Å². The van der Waals surface area contributed by atoms with Crippen LogP contribution in [0.3, 0.4) is 0 Å². The predicted molar refractivity (Wildman–Crippen MR) is 99.8 cm³/mol. The summed E-state index contributed by atoms with van der Waals surface area (Å²) in [5.41, 5.74) is 0.202. The van der Waals surface area contributed by atoms with Gasteiger partial charge in [-0.3, -0.25) is 9.59 Å². The first-order valence-corrected chi connectivity index (χ1v) is 8.96. The molecule has 27 heavy (non-hydrogen) atoms. The van der Waals surface area contributed by atoms with Gasteiger partial charge in [0.1, 0.15) is 11.8 Å². The van der Waals surface area contributed by atoms with Gasteiger partial charge in [-0.1, -0.05) is 31.2 Å². The van der Waals surface area contributed by atoms with E-state index in [1.807, 2.05) is 24.3 Å². The van der Waals surface area contributed by atoms with Crippen LogP contribution in [-0.4, -0.2) is 41.6 Å². The Morgan fingerprint density at radius 3 is 2.44 bits per heavy atom. The maximum atomic E-state index is 12.7. The minimum Gasteiger partial charge on any atom is -0.483 e. The quantitative estimate of drug-likeness (QED) is 0.660. The molecule has 0 heterocycles. The monoisotopic (exact) mass is 370 g/mol. The standard InChI is InChI=1S/C20H22N2O5/c1-2-16(20(25)26)22-19(24)15-9-12-5-3-4-6-13(12)10-17(15)27-11-18(23)21-14-7-8-14/h3-6,9-10,14,16H,2,7-8,11H2,1H3,(H,21,23)(H,22,24)(H,25,26). The average Bonchev–Trinajstić information content (AvgIpc) is 3.47. The molecule has 1 fully saturated rings. The number of hydrogen-bond donors (Lipinski definition) is 3. The number of carboxylic acids is 1. The molecule has 0 aliphatic heterocycles. The number of carbonyl (C=O) groups is 3. The summed E-state index contributed by atoms with van der Waals surface area (Å²) >= 11 is 0. The molecule has 1 atom stereocenters. The van der Waals surface area contributed by atoms with Crippen LogP contribution in [0, 0.1) is 0 Å². The van der Waals surface area contributed by atoms with Crippen molar-refractivity contribution in [3.8, 4) is 5.75 Å². The molecule has 3 rings (SSSR count). The van der Waals surface area contributed by atoms with Crippen LogP contribution in [0.2, 0.25) is 0 Å². The molecular weight excluding hydrogens is 348 g/mol. The molecule has 1 unspecified atom stereocenters. The molecule has 2 amide bonds. The van der Waals surface area contributed by atoms with Crippen LogP contribution >= 0.6 is 0 Å². The molecule has 1 saturated carbocycles. The first kappa shape index (κ1) is 18.7. The highest BCUT2D eigenvalue weighted by Gasteiger charge is 2.24. The number of hydrogen-bond acceptors (Lipinski definition) is 4. The number of carboxylic acid groups (broad SMARTS) is 1. The summed E-state index contributed by atoms with van der Waals surface area (Å²) in [4.78, 5) is 35.8. The molecule has 0 bridgehead atoms. The smallest absolute Gasteiger partial charge is 0.326 e. The van der Waals surface area contributed by atoms with Gasteiger partial charge in [0.05, 0.1) is 5.56 Å². The van der Waals surface area contributed by atoms with Gasteiger partial charge in [0, 0.05) is 6.04 Å². The van der Waals surface area contributed by atoms with Gasteiger partial charge >= 0.3 is 5.97 Å². The molecule has 142 valence electrons. The van der Waals surface area contributed by atoms with Crippen LogP contribution in [0.15, 0.2) is 36.4 Å². The van der Waals surface area contributed by atoms with E-state index in [0.717, 1.165) is 23.6 Å². The summed E-state index contributed by atoms with van der Waals surface area (Å²) < 4.78 is 5.61. The predicted octanol–water partition coefficient (Wildman–Crippen LogP) is 2.09. The number of carbonyl (C=O) groups excluding carboxylic acids is 2. The Labute approximate surface area is 156 Å². The summed E-state index contributed by atoms with van der Waals surface area (Å²) in [6.45, 7) is 1.48. The maximum Gasteiger partial charge on any atom is 0.326 e. The number of amides is 2. The molecule has 1 aliphatic carbocycles. The minimum absolute atomic E-state index is 0.202. The molecule has 2 aromatic carbocycles. The van der Waals surface area contributed by atoms with E-state index >= 15 is 0 Å². The fraction of sp³-hybridized carbons (Fsp3) is 0.350. The third-order valence-corrected chi connectivity index (χ3v) is 4.41. The third-order valence-electron chi connectivity index (χ3n) is 4.41. The van der Waals surface area contributed by atoms with E-state index in [1.165, 1.54) is 0 Å². The normalized spacial score (nSPS) is 14.4. The molecule has 3 N–H and O–H groups in total. The molecule has 2 aromatic rings. The summed E-state index contributed by atoms with van der Waals surface area (Å²) in [5.74, 6) is -1.64. The van der Waals surface area contributed by atoms with Crippen LogP contribution in [0.25, 0.3) is 10.8 Å². The lowest BCUT2D eigenvalue weighted by Crippen LogP contribution is -2.40. The number of rotatable bonds is 8. The van der Waals surface area contributed by atoms with Crippen molar-refractivity contribution in [3.63, 3.8) is 0 Å². The zero-order valence-electron chi connectivity index (χ0n) is 15.0. The molecule has 0 spiro atoms. The van der Waals surface area contributed by atoms with Crippen LogP contribution in [0.4, 0.5) is 0 Å². The van der Waals surface area contributed by atoms with E-state index in [1.54, 1.807) is 19.1 Å². The van der Waals surface area contributed by atoms with E-state index in [2.05, 4.69) is 10.6 Å². The maximum absolute atomic E-state index is 12.7. The Kier molecular flexibility index (Phi) is 5.59.